The number of rotatable bonds is 2. The molecule has 0 radical (unpaired) electrons. The number of nitrogens with zero attached hydrogens (tertiary/aromatic N) is 1. The molecule has 20 heavy (non-hydrogen) atoms. The number of ether oxygens (including phenoxy) is 1. The van der Waals surface area contributed by atoms with E-state index in [1.165, 1.54) is 0 Å². The maximum absolute atomic E-state index is 5.96. The molecule has 1 aliphatic rings. The molecule has 1 atom stereocenters. The van der Waals surface area contributed by atoms with Gasteiger partial charge in [-0.1, -0.05) is 51.8 Å². The van der Waals surface area contributed by atoms with E-state index in [1.54, 1.807) is 0 Å². The molecule has 0 saturated carbocycles. The number of hydrogen-bond acceptors (Lipinski definition) is 3. The SMILES string of the molecule is NC1=NC(c2ccc(Cl)cc2)(c2cccc(Br)c2)CO1. The van der Waals surface area contributed by atoms with Gasteiger partial charge in [-0.25, -0.2) is 4.99 Å². The van der Waals surface area contributed by atoms with Crippen LogP contribution in [0.5, 0.6) is 0 Å². The first kappa shape index (κ1) is 13.5. The van der Waals surface area contributed by atoms with E-state index in [9.17, 15) is 0 Å². The summed E-state index contributed by atoms with van der Waals surface area (Å²) in [6, 6.07) is 15.8. The first-order valence-corrected chi connectivity index (χ1v) is 7.27. The highest BCUT2D eigenvalue weighted by molar-refractivity contribution is 9.10. The van der Waals surface area contributed by atoms with Crippen molar-refractivity contribution in [1.82, 2.24) is 0 Å². The van der Waals surface area contributed by atoms with Gasteiger partial charge < -0.3 is 10.5 Å². The van der Waals surface area contributed by atoms with E-state index < -0.39 is 5.54 Å². The van der Waals surface area contributed by atoms with Crippen molar-refractivity contribution in [2.45, 2.75) is 5.54 Å². The topological polar surface area (TPSA) is 47.6 Å². The number of hydrogen-bond donors (Lipinski definition) is 1. The van der Waals surface area contributed by atoms with Crippen LogP contribution in [0.4, 0.5) is 0 Å². The Hall–Kier alpha value is -1.52. The van der Waals surface area contributed by atoms with Crippen LogP contribution in [0.2, 0.25) is 5.02 Å². The van der Waals surface area contributed by atoms with E-state index in [0.717, 1.165) is 15.6 Å². The summed E-state index contributed by atoms with van der Waals surface area (Å²) >= 11 is 9.46. The van der Waals surface area contributed by atoms with E-state index in [0.29, 0.717) is 11.6 Å². The summed E-state index contributed by atoms with van der Waals surface area (Å²) in [4.78, 5) is 4.54. The van der Waals surface area contributed by atoms with E-state index >= 15 is 0 Å². The first-order chi connectivity index (χ1) is 9.60. The minimum absolute atomic E-state index is 0.208. The van der Waals surface area contributed by atoms with E-state index in [-0.39, 0.29) is 6.02 Å². The second-order valence-electron chi connectivity index (χ2n) is 4.62. The van der Waals surface area contributed by atoms with E-state index in [2.05, 4.69) is 20.9 Å². The average molecular weight is 352 g/mol. The Bertz CT molecular complexity index is 672. The first-order valence-electron chi connectivity index (χ1n) is 6.10. The Balaban J connectivity index is 2.18. The largest absolute Gasteiger partial charge is 0.462 e. The fourth-order valence-electron chi connectivity index (χ4n) is 2.36. The molecule has 1 heterocycles. The van der Waals surface area contributed by atoms with Gasteiger partial charge in [-0.2, -0.15) is 0 Å². The fourth-order valence-corrected chi connectivity index (χ4v) is 2.89. The Labute approximate surface area is 130 Å². The molecule has 3 rings (SSSR count). The summed E-state index contributed by atoms with van der Waals surface area (Å²) in [5.41, 5.74) is 7.15. The summed E-state index contributed by atoms with van der Waals surface area (Å²) in [5, 5.41) is 0.689. The zero-order valence-electron chi connectivity index (χ0n) is 10.5. The summed E-state index contributed by atoms with van der Waals surface area (Å²) in [6.07, 6.45) is 0. The Morgan fingerprint density at radius 3 is 2.50 bits per heavy atom. The zero-order chi connectivity index (χ0) is 14.2. The Morgan fingerprint density at radius 1 is 1.15 bits per heavy atom. The normalized spacial score (nSPS) is 21.4. The molecule has 102 valence electrons. The second kappa shape index (κ2) is 5.11. The molecule has 1 aliphatic heterocycles. The van der Waals surface area contributed by atoms with Crippen LogP contribution in [0.1, 0.15) is 11.1 Å². The minimum Gasteiger partial charge on any atom is -0.462 e. The van der Waals surface area contributed by atoms with Crippen LogP contribution in [-0.4, -0.2) is 12.6 Å². The summed E-state index contributed by atoms with van der Waals surface area (Å²) < 4.78 is 6.42. The van der Waals surface area contributed by atoms with Crippen LogP contribution in [0, 0.1) is 0 Å². The maximum atomic E-state index is 5.96. The van der Waals surface area contributed by atoms with Crippen molar-refractivity contribution in [1.29, 1.82) is 0 Å². The number of amidine groups is 1. The molecule has 0 spiro atoms. The van der Waals surface area contributed by atoms with Crippen LogP contribution < -0.4 is 5.73 Å². The molecule has 5 heteroatoms. The van der Waals surface area contributed by atoms with Crippen molar-refractivity contribution in [3.63, 3.8) is 0 Å². The molecule has 0 saturated heterocycles. The van der Waals surface area contributed by atoms with Crippen molar-refractivity contribution < 1.29 is 4.74 Å². The van der Waals surface area contributed by atoms with Crippen LogP contribution >= 0.6 is 27.5 Å². The number of halogens is 2. The Kier molecular flexibility index (Phi) is 3.44. The highest BCUT2D eigenvalue weighted by atomic mass is 79.9. The van der Waals surface area contributed by atoms with Crippen LogP contribution in [0.25, 0.3) is 0 Å². The maximum Gasteiger partial charge on any atom is 0.283 e. The molecule has 0 fully saturated rings. The van der Waals surface area contributed by atoms with Gasteiger partial charge in [0.05, 0.1) is 0 Å². The zero-order valence-corrected chi connectivity index (χ0v) is 12.9. The smallest absolute Gasteiger partial charge is 0.283 e. The molecular formula is C15H12BrClN2O. The van der Waals surface area contributed by atoms with Crippen LogP contribution in [-0.2, 0) is 10.3 Å². The van der Waals surface area contributed by atoms with Gasteiger partial charge in [0, 0.05) is 9.50 Å². The standard InChI is InChI=1S/C15H12BrClN2O/c16-12-3-1-2-11(8-12)15(9-20-14(18)19-15)10-4-6-13(17)7-5-10/h1-8H,9H2,(H2,18,19). The van der Waals surface area contributed by atoms with Gasteiger partial charge in [-0.3, -0.25) is 0 Å². The molecule has 2 aromatic rings. The molecule has 0 aromatic heterocycles. The Morgan fingerprint density at radius 2 is 1.90 bits per heavy atom. The van der Waals surface area contributed by atoms with Gasteiger partial charge in [0.1, 0.15) is 6.61 Å². The van der Waals surface area contributed by atoms with Gasteiger partial charge in [-0.15, -0.1) is 0 Å². The van der Waals surface area contributed by atoms with Crippen molar-refractivity contribution in [3.8, 4) is 0 Å². The fraction of sp³-hybridized carbons (Fsp3) is 0.133. The molecule has 0 bridgehead atoms. The lowest BCUT2D eigenvalue weighted by atomic mass is 9.84. The second-order valence-corrected chi connectivity index (χ2v) is 5.97. The highest BCUT2D eigenvalue weighted by Crippen LogP contribution is 2.38. The molecule has 0 amide bonds. The van der Waals surface area contributed by atoms with Gasteiger partial charge in [-0.05, 0) is 35.4 Å². The predicted molar refractivity (Wildman–Crippen MR) is 83.9 cm³/mol. The predicted octanol–water partition coefficient (Wildman–Crippen LogP) is 3.69. The van der Waals surface area contributed by atoms with Crippen molar-refractivity contribution in [2.75, 3.05) is 6.61 Å². The number of nitrogens with two attached hydrogens (primary N) is 1. The van der Waals surface area contributed by atoms with Crippen LogP contribution in [0.3, 0.4) is 0 Å². The van der Waals surface area contributed by atoms with Crippen molar-refractivity contribution in [3.05, 3.63) is 69.2 Å². The highest BCUT2D eigenvalue weighted by Gasteiger charge is 2.40. The summed E-state index contributed by atoms with van der Waals surface area (Å²) in [7, 11) is 0. The molecular weight excluding hydrogens is 340 g/mol. The third kappa shape index (κ3) is 2.30. The third-order valence-electron chi connectivity index (χ3n) is 3.35. The number of aliphatic imine (C=N–C) groups is 1. The lowest BCUT2D eigenvalue weighted by Gasteiger charge is -2.25. The van der Waals surface area contributed by atoms with Crippen LogP contribution in [0.15, 0.2) is 58.0 Å². The van der Waals surface area contributed by atoms with Crippen molar-refractivity contribution >= 4 is 33.6 Å². The number of benzene rings is 2. The molecule has 2 N–H and O–H groups in total. The van der Waals surface area contributed by atoms with Gasteiger partial charge in [0.2, 0.25) is 0 Å². The van der Waals surface area contributed by atoms with Gasteiger partial charge in [0.15, 0.2) is 5.54 Å². The lowest BCUT2D eigenvalue weighted by molar-refractivity contribution is 0.278. The monoisotopic (exact) mass is 350 g/mol. The summed E-state index contributed by atoms with van der Waals surface area (Å²) in [5.74, 6) is 0. The molecule has 2 aromatic carbocycles. The van der Waals surface area contributed by atoms with E-state index in [1.807, 2.05) is 48.5 Å². The molecule has 0 aliphatic carbocycles. The molecule has 3 nitrogen and oxygen atoms in total. The molecule has 1 unspecified atom stereocenters. The van der Waals surface area contributed by atoms with Crippen molar-refractivity contribution in [2.24, 2.45) is 10.7 Å². The quantitative estimate of drug-likeness (QED) is 0.897. The third-order valence-corrected chi connectivity index (χ3v) is 4.10. The van der Waals surface area contributed by atoms with Gasteiger partial charge >= 0.3 is 0 Å². The van der Waals surface area contributed by atoms with E-state index in [4.69, 9.17) is 22.1 Å². The van der Waals surface area contributed by atoms with Gasteiger partial charge in [0.25, 0.3) is 6.02 Å². The average Bonchev–Trinajstić information content (AvgIpc) is 2.83. The lowest BCUT2D eigenvalue weighted by Crippen LogP contribution is -2.27. The minimum atomic E-state index is -0.613. The summed E-state index contributed by atoms with van der Waals surface area (Å²) in [6.45, 7) is 0.386.